The van der Waals surface area contributed by atoms with Crippen molar-refractivity contribution in [2.24, 2.45) is 0 Å². The monoisotopic (exact) mass is 458 g/mol. The first-order chi connectivity index (χ1) is 15.6. The van der Waals surface area contributed by atoms with Crippen molar-refractivity contribution in [3.8, 4) is 11.5 Å². The minimum absolute atomic E-state index is 0.115. The molecular formula is C23H30N4O4S. The van der Waals surface area contributed by atoms with Crippen LogP contribution in [-0.4, -0.2) is 61.7 Å². The number of thiazole rings is 1. The van der Waals surface area contributed by atoms with Crippen molar-refractivity contribution in [1.82, 2.24) is 15.2 Å². The van der Waals surface area contributed by atoms with Gasteiger partial charge in [0, 0.05) is 31.1 Å². The molecule has 8 nitrogen and oxygen atoms in total. The lowest BCUT2D eigenvalue weighted by Gasteiger charge is -2.36. The van der Waals surface area contributed by atoms with E-state index >= 15 is 0 Å². The van der Waals surface area contributed by atoms with Crippen LogP contribution in [0.4, 0.5) is 9.93 Å². The predicted octanol–water partition coefficient (Wildman–Crippen LogP) is 3.25. The zero-order valence-electron chi connectivity index (χ0n) is 18.6. The van der Waals surface area contributed by atoms with Crippen molar-refractivity contribution in [2.75, 3.05) is 38.8 Å². The zero-order valence-corrected chi connectivity index (χ0v) is 19.5. The average Bonchev–Trinajstić information content (AvgIpc) is 3.46. The Morgan fingerprint density at radius 3 is 2.81 bits per heavy atom. The molecule has 0 aliphatic carbocycles. The van der Waals surface area contributed by atoms with Crippen LogP contribution in [0.25, 0.3) is 0 Å². The van der Waals surface area contributed by atoms with Gasteiger partial charge in [0.2, 0.25) is 5.91 Å². The number of hydrogen-bond donors (Lipinski definition) is 1. The van der Waals surface area contributed by atoms with E-state index in [4.69, 9.17) is 9.47 Å². The van der Waals surface area contributed by atoms with Crippen LogP contribution in [0.2, 0.25) is 0 Å². The minimum Gasteiger partial charge on any atom is -0.493 e. The summed E-state index contributed by atoms with van der Waals surface area (Å²) in [5, 5.41) is 5.33. The molecule has 4 rings (SSSR count). The first kappa shape index (κ1) is 22.4. The lowest BCUT2D eigenvalue weighted by atomic mass is 9.95. The highest BCUT2D eigenvalue weighted by Crippen LogP contribution is 2.29. The van der Waals surface area contributed by atoms with Gasteiger partial charge in [0.15, 0.2) is 16.6 Å². The Hall–Kier alpha value is -2.81. The molecule has 1 atom stereocenters. The number of aryl methyl sites for hydroxylation is 1. The molecule has 0 spiro atoms. The van der Waals surface area contributed by atoms with E-state index in [1.807, 2.05) is 22.4 Å². The van der Waals surface area contributed by atoms with Gasteiger partial charge < -0.3 is 19.7 Å². The number of likely N-dealkylation sites (tertiary alicyclic amines) is 1. The number of anilines is 1. The van der Waals surface area contributed by atoms with Crippen molar-refractivity contribution in [2.45, 2.75) is 44.6 Å². The maximum absolute atomic E-state index is 13.1. The lowest BCUT2D eigenvalue weighted by molar-refractivity contribution is -0.134. The van der Waals surface area contributed by atoms with E-state index in [9.17, 15) is 9.59 Å². The standard InChI is InChI=1S/C23H30N4O4S/c1-30-19-9-7-16(13-20(19)31-2)6-8-18-5-3-4-11-26(18)21(28)14-17-15-32-23(25-17)27-12-10-24-22(27)29/h7,9,13,15,18H,3-6,8,10-12,14H2,1-2H3,(H,24,29). The highest BCUT2D eigenvalue weighted by atomic mass is 32.1. The van der Waals surface area contributed by atoms with Crippen LogP contribution in [0, 0.1) is 0 Å². The number of benzene rings is 1. The number of aromatic nitrogens is 1. The summed E-state index contributed by atoms with van der Waals surface area (Å²) in [7, 11) is 3.28. The maximum atomic E-state index is 13.1. The molecule has 172 valence electrons. The van der Waals surface area contributed by atoms with E-state index in [0.29, 0.717) is 18.2 Å². The molecule has 2 aliphatic heterocycles. The van der Waals surface area contributed by atoms with Gasteiger partial charge in [0.05, 0.1) is 26.3 Å². The van der Waals surface area contributed by atoms with Gasteiger partial charge in [0.25, 0.3) is 0 Å². The maximum Gasteiger partial charge on any atom is 0.323 e. The van der Waals surface area contributed by atoms with E-state index in [-0.39, 0.29) is 24.4 Å². The van der Waals surface area contributed by atoms with Crippen LogP contribution in [0.15, 0.2) is 23.6 Å². The van der Waals surface area contributed by atoms with E-state index in [0.717, 1.165) is 55.8 Å². The summed E-state index contributed by atoms with van der Waals surface area (Å²) in [4.78, 5) is 33.2. The first-order valence-corrected chi connectivity index (χ1v) is 12.0. The van der Waals surface area contributed by atoms with Gasteiger partial charge in [-0.3, -0.25) is 9.69 Å². The van der Waals surface area contributed by atoms with Crippen LogP contribution in [0.1, 0.15) is 36.9 Å². The molecule has 32 heavy (non-hydrogen) atoms. The van der Waals surface area contributed by atoms with Crippen LogP contribution >= 0.6 is 11.3 Å². The third-order valence-corrected chi connectivity index (χ3v) is 7.03. The van der Waals surface area contributed by atoms with Crippen LogP contribution in [-0.2, 0) is 17.6 Å². The minimum atomic E-state index is -0.122. The Morgan fingerprint density at radius 2 is 2.06 bits per heavy atom. The topological polar surface area (TPSA) is 84.0 Å². The molecule has 2 aliphatic rings. The number of amides is 3. The Morgan fingerprint density at radius 1 is 1.22 bits per heavy atom. The van der Waals surface area contributed by atoms with E-state index in [2.05, 4.69) is 16.4 Å². The molecule has 0 radical (unpaired) electrons. The van der Waals surface area contributed by atoms with Gasteiger partial charge >= 0.3 is 6.03 Å². The molecule has 1 aromatic carbocycles. The second-order valence-corrected chi connectivity index (χ2v) is 8.98. The van der Waals surface area contributed by atoms with Gasteiger partial charge in [0.1, 0.15) is 0 Å². The highest BCUT2D eigenvalue weighted by Gasteiger charge is 2.28. The number of urea groups is 1. The number of methoxy groups -OCH3 is 2. The SMILES string of the molecule is COc1ccc(CCC2CCCCN2C(=O)Cc2csc(N3CCNC3=O)n2)cc1OC. The third kappa shape index (κ3) is 4.98. The summed E-state index contributed by atoms with van der Waals surface area (Å²) in [6.07, 6.45) is 5.27. The summed E-state index contributed by atoms with van der Waals surface area (Å²) >= 11 is 1.42. The predicted molar refractivity (Wildman–Crippen MR) is 124 cm³/mol. The first-order valence-electron chi connectivity index (χ1n) is 11.1. The number of nitrogens with zero attached hydrogens (tertiary/aromatic N) is 3. The average molecular weight is 459 g/mol. The van der Waals surface area contributed by atoms with Crippen LogP contribution < -0.4 is 19.7 Å². The molecule has 1 unspecified atom stereocenters. The quantitative estimate of drug-likeness (QED) is 0.657. The Kier molecular flexibility index (Phi) is 7.14. The summed E-state index contributed by atoms with van der Waals surface area (Å²) in [5.41, 5.74) is 1.91. The van der Waals surface area contributed by atoms with Gasteiger partial charge in [-0.1, -0.05) is 6.07 Å². The number of piperidine rings is 1. The van der Waals surface area contributed by atoms with E-state index in [1.165, 1.54) is 16.9 Å². The fourth-order valence-corrected chi connectivity index (χ4v) is 5.26. The fourth-order valence-electron chi connectivity index (χ4n) is 4.41. The second kappa shape index (κ2) is 10.2. The Balaban J connectivity index is 1.37. The van der Waals surface area contributed by atoms with Gasteiger partial charge in [-0.15, -0.1) is 11.3 Å². The summed E-state index contributed by atoms with van der Waals surface area (Å²) < 4.78 is 10.7. The molecule has 1 aromatic heterocycles. The molecule has 2 aromatic rings. The Labute approximate surface area is 192 Å². The number of carbonyl (C=O) groups is 2. The molecule has 2 fully saturated rings. The molecule has 2 saturated heterocycles. The van der Waals surface area contributed by atoms with Crippen molar-refractivity contribution in [1.29, 1.82) is 0 Å². The Bertz CT molecular complexity index is 963. The second-order valence-electron chi connectivity index (χ2n) is 8.15. The number of carbonyl (C=O) groups excluding carboxylic acids is 2. The molecule has 0 saturated carbocycles. The summed E-state index contributed by atoms with van der Waals surface area (Å²) in [6.45, 7) is 2.03. The van der Waals surface area contributed by atoms with Crippen molar-refractivity contribution in [3.63, 3.8) is 0 Å². The highest BCUT2D eigenvalue weighted by molar-refractivity contribution is 7.14. The third-order valence-electron chi connectivity index (χ3n) is 6.12. The van der Waals surface area contributed by atoms with Crippen molar-refractivity contribution < 1.29 is 19.1 Å². The normalized spacial score (nSPS) is 18.6. The number of rotatable bonds is 8. The molecular weight excluding hydrogens is 428 g/mol. The molecule has 9 heteroatoms. The smallest absolute Gasteiger partial charge is 0.323 e. The van der Waals surface area contributed by atoms with Crippen molar-refractivity contribution >= 4 is 28.4 Å². The lowest BCUT2D eigenvalue weighted by Crippen LogP contribution is -2.44. The van der Waals surface area contributed by atoms with E-state index < -0.39 is 0 Å². The van der Waals surface area contributed by atoms with Gasteiger partial charge in [-0.25, -0.2) is 9.78 Å². The zero-order chi connectivity index (χ0) is 22.5. The van der Waals surface area contributed by atoms with Gasteiger partial charge in [-0.2, -0.15) is 0 Å². The van der Waals surface area contributed by atoms with Crippen LogP contribution in [0.3, 0.4) is 0 Å². The molecule has 3 heterocycles. The fraction of sp³-hybridized carbons (Fsp3) is 0.522. The van der Waals surface area contributed by atoms with E-state index in [1.54, 1.807) is 19.1 Å². The van der Waals surface area contributed by atoms with Crippen molar-refractivity contribution in [3.05, 3.63) is 34.8 Å². The van der Waals surface area contributed by atoms with Gasteiger partial charge in [-0.05, 0) is 49.8 Å². The van der Waals surface area contributed by atoms with Crippen LogP contribution in [0.5, 0.6) is 11.5 Å². The largest absolute Gasteiger partial charge is 0.493 e. The molecule has 0 bridgehead atoms. The molecule has 1 N–H and O–H groups in total. The summed E-state index contributed by atoms with van der Waals surface area (Å²) in [6, 6.07) is 6.11. The summed E-state index contributed by atoms with van der Waals surface area (Å²) in [5.74, 6) is 1.57. The number of ether oxygens (including phenoxy) is 2. The number of nitrogens with one attached hydrogen (secondary N) is 1. The molecule has 3 amide bonds. The number of hydrogen-bond acceptors (Lipinski definition) is 6.